The van der Waals surface area contributed by atoms with E-state index >= 15 is 0 Å². The number of aromatic carboxylic acids is 1. The minimum atomic E-state index is -3.70. The van der Waals surface area contributed by atoms with Crippen molar-refractivity contribution in [1.82, 2.24) is 4.31 Å². The lowest BCUT2D eigenvalue weighted by Crippen LogP contribution is -2.31. The average Bonchev–Trinajstić information content (AvgIpc) is 3.02. The summed E-state index contributed by atoms with van der Waals surface area (Å²) in [6, 6.07) is 5.39. The Morgan fingerprint density at radius 3 is 2.67 bits per heavy atom. The van der Waals surface area contributed by atoms with Gasteiger partial charge in [0.2, 0.25) is 10.0 Å². The molecule has 2 N–H and O–H groups in total. The Balaban J connectivity index is 1.88. The van der Waals surface area contributed by atoms with E-state index in [0.717, 1.165) is 12.8 Å². The van der Waals surface area contributed by atoms with Crippen LogP contribution in [-0.4, -0.2) is 48.1 Å². The zero-order valence-corrected chi connectivity index (χ0v) is 12.2. The smallest absolute Gasteiger partial charge is 0.335 e. The molecule has 1 aromatic carbocycles. The van der Waals surface area contributed by atoms with Gasteiger partial charge in [0, 0.05) is 19.0 Å². The van der Waals surface area contributed by atoms with Gasteiger partial charge in [-0.25, -0.2) is 13.2 Å². The van der Waals surface area contributed by atoms with Crippen LogP contribution in [0.3, 0.4) is 0 Å². The topological polar surface area (TPSA) is 94.9 Å². The molecular formula is C14H17NO5S. The summed E-state index contributed by atoms with van der Waals surface area (Å²) >= 11 is 0. The van der Waals surface area contributed by atoms with Crippen LogP contribution >= 0.6 is 0 Å². The fourth-order valence-corrected chi connectivity index (χ4v) is 4.91. The molecule has 0 bridgehead atoms. The van der Waals surface area contributed by atoms with Crippen LogP contribution in [0.4, 0.5) is 0 Å². The third-order valence-corrected chi connectivity index (χ3v) is 6.33. The molecule has 1 aliphatic heterocycles. The molecule has 0 radical (unpaired) electrons. The number of hydrogen-bond donors (Lipinski definition) is 2. The predicted molar refractivity (Wildman–Crippen MR) is 74.4 cm³/mol. The van der Waals surface area contributed by atoms with E-state index in [1.54, 1.807) is 0 Å². The second kappa shape index (κ2) is 5.08. The Kier molecular flexibility index (Phi) is 3.51. The second-order valence-corrected chi connectivity index (χ2v) is 7.66. The Bertz CT molecular complexity index is 672. The van der Waals surface area contributed by atoms with Crippen LogP contribution in [0.15, 0.2) is 29.2 Å². The van der Waals surface area contributed by atoms with Gasteiger partial charge in [-0.15, -0.1) is 0 Å². The molecule has 21 heavy (non-hydrogen) atoms. The van der Waals surface area contributed by atoms with Gasteiger partial charge < -0.3 is 10.2 Å². The molecule has 1 aliphatic carbocycles. The highest BCUT2D eigenvalue weighted by Gasteiger charge is 2.45. The monoisotopic (exact) mass is 311 g/mol. The van der Waals surface area contributed by atoms with E-state index in [2.05, 4.69) is 0 Å². The number of fused-ring (bicyclic) bond motifs is 1. The van der Waals surface area contributed by atoms with Crippen LogP contribution in [0.25, 0.3) is 0 Å². The number of rotatable bonds is 3. The van der Waals surface area contributed by atoms with Crippen molar-refractivity contribution < 1.29 is 23.4 Å². The molecule has 1 saturated heterocycles. The third kappa shape index (κ3) is 2.45. The fourth-order valence-electron chi connectivity index (χ4n) is 3.33. The Labute approximate surface area is 123 Å². The molecular weight excluding hydrogens is 294 g/mol. The van der Waals surface area contributed by atoms with Gasteiger partial charge in [0.1, 0.15) is 0 Å². The van der Waals surface area contributed by atoms with Gasteiger partial charge in [-0.2, -0.15) is 4.31 Å². The van der Waals surface area contributed by atoms with Crippen molar-refractivity contribution in [2.24, 2.45) is 11.8 Å². The molecule has 0 amide bonds. The van der Waals surface area contributed by atoms with Crippen LogP contribution in [0.2, 0.25) is 0 Å². The maximum atomic E-state index is 12.6. The number of nitrogens with zero attached hydrogens (tertiary/aromatic N) is 1. The first kappa shape index (κ1) is 14.5. The van der Waals surface area contributed by atoms with Crippen molar-refractivity contribution in [2.45, 2.75) is 23.8 Å². The molecule has 2 fully saturated rings. The summed E-state index contributed by atoms with van der Waals surface area (Å²) < 4.78 is 26.6. The summed E-state index contributed by atoms with van der Waals surface area (Å²) in [5, 5.41) is 18.8. The van der Waals surface area contributed by atoms with E-state index in [4.69, 9.17) is 5.11 Å². The van der Waals surface area contributed by atoms with Gasteiger partial charge in [0.15, 0.2) is 0 Å². The third-order valence-electron chi connectivity index (χ3n) is 4.50. The lowest BCUT2D eigenvalue weighted by molar-refractivity contribution is 0.0696. The van der Waals surface area contributed by atoms with E-state index in [1.165, 1.54) is 28.6 Å². The van der Waals surface area contributed by atoms with Gasteiger partial charge in [0.05, 0.1) is 16.6 Å². The van der Waals surface area contributed by atoms with Gasteiger partial charge in [0.25, 0.3) is 0 Å². The van der Waals surface area contributed by atoms with Crippen molar-refractivity contribution >= 4 is 16.0 Å². The Morgan fingerprint density at radius 2 is 2.00 bits per heavy atom. The number of aliphatic hydroxyl groups is 1. The van der Waals surface area contributed by atoms with Crippen LogP contribution in [-0.2, 0) is 10.0 Å². The summed E-state index contributed by atoms with van der Waals surface area (Å²) in [7, 11) is -3.70. The standard InChI is InChI=1S/C14H17NO5S/c16-13-5-4-10-7-15(8-12(10)13)21(19,20)11-3-1-2-9(6-11)14(17)18/h1-3,6,10,12-13,16H,4-5,7-8H2,(H,17,18). The number of hydrogen-bond acceptors (Lipinski definition) is 4. The highest BCUT2D eigenvalue weighted by molar-refractivity contribution is 7.89. The Hall–Kier alpha value is -1.44. The van der Waals surface area contributed by atoms with E-state index < -0.39 is 22.1 Å². The van der Waals surface area contributed by atoms with Crippen molar-refractivity contribution in [3.05, 3.63) is 29.8 Å². The number of sulfonamides is 1. The lowest BCUT2D eigenvalue weighted by Gasteiger charge is -2.18. The minimum absolute atomic E-state index is 0.00225. The number of carboxylic acids is 1. The average molecular weight is 311 g/mol. The molecule has 3 rings (SSSR count). The number of aliphatic hydroxyl groups excluding tert-OH is 1. The fraction of sp³-hybridized carbons (Fsp3) is 0.500. The van der Waals surface area contributed by atoms with Gasteiger partial charge >= 0.3 is 5.97 Å². The van der Waals surface area contributed by atoms with Crippen molar-refractivity contribution in [3.8, 4) is 0 Å². The largest absolute Gasteiger partial charge is 0.478 e. The van der Waals surface area contributed by atoms with Gasteiger partial charge in [-0.1, -0.05) is 6.07 Å². The van der Waals surface area contributed by atoms with Gasteiger partial charge in [-0.3, -0.25) is 0 Å². The van der Waals surface area contributed by atoms with Crippen LogP contribution in [0, 0.1) is 11.8 Å². The van der Waals surface area contributed by atoms with E-state index in [1.807, 2.05) is 0 Å². The Morgan fingerprint density at radius 1 is 1.24 bits per heavy atom. The summed E-state index contributed by atoms with van der Waals surface area (Å²) in [5.74, 6) is -0.944. The maximum Gasteiger partial charge on any atom is 0.335 e. The first-order valence-corrected chi connectivity index (χ1v) is 8.35. The highest BCUT2D eigenvalue weighted by atomic mass is 32.2. The van der Waals surface area contributed by atoms with E-state index in [0.29, 0.717) is 13.1 Å². The quantitative estimate of drug-likeness (QED) is 0.860. The molecule has 3 atom stereocenters. The van der Waals surface area contributed by atoms with E-state index in [-0.39, 0.29) is 22.3 Å². The molecule has 7 heteroatoms. The summed E-state index contributed by atoms with van der Waals surface area (Å²) in [4.78, 5) is 11.0. The van der Waals surface area contributed by atoms with Crippen LogP contribution in [0.1, 0.15) is 23.2 Å². The zero-order chi connectivity index (χ0) is 15.2. The van der Waals surface area contributed by atoms with Crippen molar-refractivity contribution in [1.29, 1.82) is 0 Å². The SMILES string of the molecule is O=C(O)c1cccc(S(=O)(=O)N2CC3CCC(O)C3C2)c1. The lowest BCUT2D eigenvalue weighted by atomic mass is 10.00. The first-order valence-electron chi connectivity index (χ1n) is 6.91. The number of benzene rings is 1. The first-order chi connectivity index (χ1) is 9.89. The molecule has 6 nitrogen and oxygen atoms in total. The summed E-state index contributed by atoms with van der Waals surface area (Å²) in [5.41, 5.74) is -0.0458. The molecule has 0 spiro atoms. The van der Waals surface area contributed by atoms with Crippen LogP contribution < -0.4 is 0 Å². The molecule has 1 aromatic rings. The minimum Gasteiger partial charge on any atom is -0.478 e. The summed E-state index contributed by atoms with van der Waals surface area (Å²) in [6.07, 6.45) is 1.14. The molecule has 3 unspecified atom stereocenters. The van der Waals surface area contributed by atoms with Crippen LogP contribution in [0.5, 0.6) is 0 Å². The van der Waals surface area contributed by atoms with E-state index in [9.17, 15) is 18.3 Å². The van der Waals surface area contributed by atoms with Crippen molar-refractivity contribution in [2.75, 3.05) is 13.1 Å². The zero-order valence-electron chi connectivity index (χ0n) is 11.3. The summed E-state index contributed by atoms with van der Waals surface area (Å²) in [6.45, 7) is 0.715. The van der Waals surface area contributed by atoms with Crippen molar-refractivity contribution in [3.63, 3.8) is 0 Å². The molecule has 1 heterocycles. The highest BCUT2D eigenvalue weighted by Crippen LogP contribution is 2.40. The van der Waals surface area contributed by atoms with Gasteiger partial charge in [-0.05, 0) is 37.0 Å². The molecule has 1 saturated carbocycles. The number of carboxylic acid groups (broad SMARTS) is 1. The predicted octanol–water partition coefficient (Wildman–Crippen LogP) is 0.776. The second-order valence-electron chi connectivity index (χ2n) is 5.72. The molecule has 0 aromatic heterocycles. The molecule has 114 valence electrons. The normalized spacial score (nSPS) is 29.5. The molecule has 2 aliphatic rings. The maximum absolute atomic E-state index is 12.6. The number of carbonyl (C=O) groups is 1.